The van der Waals surface area contributed by atoms with E-state index >= 15 is 0 Å². The van der Waals surface area contributed by atoms with Gasteiger partial charge >= 0.3 is 5.97 Å². The summed E-state index contributed by atoms with van der Waals surface area (Å²) in [6.45, 7) is 3.06. The third kappa shape index (κ3) is 7.69. The van der Waals surface area contributed by atoms with Gasteiger partial charge in [-0.25, -0.2) is 0 Å². The summed E-state index contributed by atoms with van der Waals surface area (Å²) in [5.41, 5.74) is 0. The van der Waals surface area contributed by atoms with Gasteiger partial charge in [-0.3, -0.25) is 4.79 Å². The fraction of sp³-hybridized carbons (Fsp3) is 0.316. The molecule has 1 unspecified atom stereocenters. The van der Waals surface area contributed by atoms with Gasteiger partial charge in [0.1, 0.15) is 36.6 Å². The molecule has 0 amide bonds. The van der Waals surface area contributed by atoms with Crippen LogP contribution in [0.5, 0.6) is 17.2 Å². The number of rotatable bonds is 10. The van der Waals surface area contributed by atoms with Crippen molar-refractivity contribution in [2.45, 2.75) is 13.0 Å². The second-order valence-corrected chi connectivity index (χ2v) is 5.40. The van der Waals surface area contributed by atoms with E-state index in [2.05, 4.69) is 5.32 Å². The van der Waals surface area contributed by atoms with Crippen LogP contribution in [0.25, 0.3) is 0 Å². The Hall–Kier alpha value is -2.57. The number of carbonyl (C=O) groups excluding carboxylic acids is 1. The van der Waals surface area contributed by atoms with Gasteiger partial charge in [0.15, 0.2) is 0 Å². The number of ether oxygens (including phenoxy) is 3. The van der Waals surface area contributed by atoms with E-state index in [0.717, 1.165) is 5.75 Å². The van der Waals surface area contributed by atoms with Crippen molar-refractivity contribution < 1.29 is 24.1 Å². The van der Waals surface area contributed by atoms with Crippen molar-refractivity contribution in [3.63, 3.8) is 0 Å². The Morgan fingerprint density at radius 1 is 1.00 bits per heavy atom. The Morgan fingerprint density at radius 2 is 1.64 bits per heavy atom. The summed E-state index contributed by atoms with van der Waals surface area (Å²) in [6, 6.07) is 16.2. The summed E-state index contributed by atoms with van der Waals surface area (Å²) in [7, 11) is 0. The molecule has 2 N–H and O–H groups in total. The lowest BCUT2D eigenvalue weighted by Crippen LogP contribution is -2.33. The SMILES string of the molecule is CC(=O)Oc1ccc(OCCNCC(O)COc2ccccc2)cc1. The Morgan fingerprint density at radius 3 is 2.32 bits per heavy atom. The van der Waals surface area contributed by atoms with Crippen LogP contribution < -0.4 is 19.5 Å². The molecule has 0 aliphatic heterocycles. The molecule has 2 aromatic carbocycles. The summed E-state index contributed by atoms with van der Waals surface area (Å²) < 4.78 is 16.0. The molecule has 2 aromatic rings. The molecule has 0 radical (unpaired) electrons. The van der Waals surface area contributed by atoms with Crippen LogP contribution >= 0.6 is 0 Å². The van der Waals surface area contributed by atoms with Gasteiger partial charge in [-0.2, -0.15) is 0 Å². The minimum atomic E-state index is -0.594. The average Bonchev–Trinajstić information content (AvgIpc) is 2.61. The summed E-state index contributed by atoms with van der Waals surface area (Å²) in [5.74, 6) is 1.56. The Bertz CT molecular complexity index is 630. The highest BCUT2D eigenvalue weighted by Crippen LogP contribution is 2.17. The first-order chi connectivity index (χ1) is 12.1. The minimum absolute atomic E-state index is 0.232. The smallest absolute Gasteiger partial charge is 0.308 e. The number of nitrogens with one attached hydrogen (secondary N) is 1. The number of para-hydroxylation sites is 1. The van der Waals surface area contributed by atoms with Gasteiger partial charge in [0.25, 0.3) is 0 Å². The molecule has 0 fully saturated rings. The first-order valence-corrected chi connectivity index (χ1v) is 8.11. The Balaban J connectivity index is 1.56. The predicted molar refractivity (Wildman–Crippen MR) is 94.1 cm³/mol. The monoisotopic (exact) mass is 345 g/mol. The van der Waals surface area contributed by atoms with E-state index < -0.39 is 6.10 Å². The molecule has 0 saturated carbocycles. The normalized spacial score (nSPS) is 11.6. The molecule has 0 aromatic heterocycles. The molecule has 1 atom stereocenters. The number of hydrogen-bond acceptors (Lipinski definition) is 6. The zero-order chi connectivity index (χ0) is 17.9. The van der Waals surface area contributed by atoms with E-state index in [-0.39, 0.29) is 12.6 Å². The highest BCUT2D eigenvalue weighted by atomic mass is 16.5. The fourth-order valence-electron chi connectivity index (χ4n) is 2.05. The lowest BCUT2D eigenvalue weighted by atomic mass is 10.3. The second kappa shape index (κ2) is 10.3. The van der Waals surface area contributed by atoms with Crippen molar-refractivity contribution in [3.05, 3.63) is 54.6 Å². The van der Waals surface area contributed by atoms with Crippen molar-refractivity contribution in [2.75, 3.05) is 26.3 Å². The van der Waals surface area contributed by atoms with Crippen molar-refractivity contribution in [3.8, 4) is 17.2 Å². The predicted octanol–water partition coefficient (Wildman–Crippen LogP) is 2.02. The topological polar surface area (TPSA) is 77.0 Å². The highest BCUT2D eigenvalue weighted by Gasteiger charge is 2.05. The molecule has 0 spiro atoms. The number of aliphatic hydroxyl groups excluding tert-OH is 1. The first kappa shape index (κ1) is 18.8. The van der Waals surface area contributed by atoms with Gasteiger partial charge < -0.3 is 24.6 Å². The van der Waals surface area contributed by atoms with Gasteiger partial charge in [-0.05, 0) is 36.4 Å². The molecule has 25 heavy (non-hydrogen) atoms. The van der Waals surface area contributed by atoms with Gasteiger partial charge in [0.2, 0.25) is 0 Å². The van der Waals surface area contributed by atoms with Crippen LogP contribution in [0.15, 0.2) is 54.6 Å². The fourth-order valence-corrected chi connectivity index (χ4v) is 2.05. The van der Waals surface area contributed by atoms with Crippen LogP contribution in [0.1, 0.15) is 6.92 Å². The van der Waals surface area contributed by atoms with E-state index in [1.807, 2.05) is 30.3 Å². The van der Waals surface area contributed by atoms with Crippen LogP contribution in [0.4, 0.5) is 0 Å². The summed E-state index contributed by atoms with van der Waals surface area (Å²) in [4.78, 5) is 10.8. The van der Waals surface area contributed by atoms with Gasteiger partial charge in [0.05, 0.1) is 0 Å². The largest absolute Gasteiger partial charge is 0.492 e. The molecule has 134 valence electrons. The van der Waals surface area contributed by atoms with Crippen molar-refractivity contribution >= 4 is 5.97 Å². The van der Waals surface area contributed by atoms with E-state index in [1.54, 1.807) is 24.3 Å². The average molecular weight is 345 g/mol. The third-order valence-electron chi connectivity index (χ3n) is 3.20. The van der Waals surface area contributed by atoms with Crippen molar-refractivity contribution in [1.29, 1.82) is 0 Å². The lowest BCUT2D eigenvalue weighted by Gasteiger charge is -2.13. The zero-order valence-corrected chi connectivity index (χ0v) is 14.2. The molecule has 2 rings (SSSR count). The van der Waals surface area contributed by atoms with Crippen LogP contribution in [0, 0.1) is 0 Å². The Kier molecular flexibility index (Phi) is 7.75. The number of aliphatic hydroxyl groups is 1. The quantitative estimate of drug-likeness (QED) is 0.390. The van der Waals surface area contributed by atoms with E-state index in [9.17, 15) is 9.90 Å². The minimum Gasteiger partial charge on any atom is -0.492 e. The molecule has 0 aliphatic carbocycles. The maximum atomic E-state index is 10.8. The van der Waals surface area contributed by atoms with E-state index in [0.29, 0.717) is 31.2 Å². The maximum Gasteiger partial charge on any atom is 0.308 e. The van der Waals surface area contributed by atoms with Crippen molar-refractivity contribution in [1.82, 2.24) is 5.32 Å². The van der Waals surface area contributed by atoms with Crippen LogP contribution in [0.2, 0.25) is 0 Å². The lowest BCUT2D eigenvalue weighted by molar-refractivity contribution is -0.131. The van der Waals surface area contributed by atoms with Crippen LogP contribution in [0.3, 0.4) is 0 Å². The standard InChI is InChI=1S/C19H23NO5/c1-15(21)25-19-9-7-18(8-10-19)23-12-11-20-13-16(22)14-24-17-5-3-2-4-6-17/h2-10,16,20,22H,11-14H2,1H3. The first-order valence-electron chi connectivity index (χ1n) is 8.11. The molecule has 6 nitrogen and oxygen atoms in total. The van der Waals surface area contributed by atoms with Crippen LogP contribution in [-0.2, 0) is 4.79 Å². The molecular formula is C19H23NO5. The molecule has 0 saturated heterocycles. The van der Waals surface area contributed by atoms with E-state index in [1.165, 1.54) is 6.92 Å². The summed E-state index contributed by atoms with van der Waals surface area (Å²) in [5, 5.41) is 13.0. The van der Waals surface area contributed by atoms with Gasteiger partial charge in [-0.1, -0.05) is 18.2 Å². The third-order valence-corrected chi connectivity index (χ3v) is 3.20. The number of esters is 1. The highest BCUT2D eigenvalue weighted by molar-refractivity contribution is 5.69. The molecule has 0 heterocycles. The summed E-state index contributed by atoms with van der Waals surface area (Å²) >= 11 is 0. The maximum absolute atomic E-state index is 10.8. The van der Waals surface area contributed by atoms with Crippen molar-refractivity contribution in [2.24, 2.45) is 0 Å². The number of hydrogen-bond donors (Lipinski definition) is 2. The molecule has 6 heteroatoms. The van der Waals surface area contributed by atoms with E-state index in [4.69, 9.17) is 14.2 Å². The number of benzene rings is 2. The molecule has 0 bridgehead atoms. The second-order valence-electron chi connectivity index (χ2n) is 5.40. The number of carbonyl (C=O) groups is 1. The molecule has 0 aliphatic rings. The van der Waals surface area contributed by atoms with Gasteiger partial charge in [0, 0.05) is 20.0 Å². The molecular weight excluding hydrogens is 322 g/mol. The zero-order valence-electron chi connectivity index (χ0n) is 14.2. The Labute approximate surface area is 147 Å². The summed E-state index contributed by atoms with van der Waals surface area (Å²) in [6.07, 6.45) is -0.594. The van der Waals surface area contributed by atoms with Gasteiger partial charge in [-0.15, -0.1) is 0 Å². The van der Waals surface area contributed by atoms with Crippen LogP contribution in [-0.4, -0.2) is 43.5 Å².